The molecule has 0 aliphatic heterocycles. The first-order valence-corrected chi connectivity index (χ1v) is 4.42. The molecule has 0 saturated carbocycles. The smallest absolute Gasteiger partial charge is 0.279 e. The van der Waals surface area contributed by atoms with Crippen LogP contribution in [0.2, 0.25) is 0 Å². The van der Waals surface area contributed by atoms with E-state index in [2.05, 4.69) is 11.9 Å². The van der Waals surface area contributed by atoms with Crippen LogP contribution in [0, 0.1) is 6.92 Å². The van der Waals surface area contributed by atoms with Gasteiger partial charge in [0.15, 0.2) is 5.83 Å². The van der Waals surface area contributed by atoms with E-state index in [9.17, 15) is 14.3 Å². The molecule has 0 fully saturated rings. The summed E-state index contributed by atoms with van der Waals surface area (Å²) in [6.45, 7) is 4.80. The third-order valence-electron chi connectivity index (χ3n) is 1.92. The summed E-state index contributed by atoms with van der Waals surface area (Å²) >= 11 is 0. The van der Waals surface area contributed by atoms with E-state index in [1.54, 1.807) is 12.1 Å². The molecule has 1 rings (SSSR count). The Morgan fingerprint density at radius 3 is 2.87 bits per heavy atom. The standard InChI is InChI=1S/C11H12FNO2/c1-7-3-4-10(14)9(5-7)6-13-11(15)8(2)12/h3-5,14H,2,6H2,1H3,(H,13,15). The lowest BCUT2D eigenvalue weighted by Gasteiger charge is -2.06. The molecule has 0 aliphatic rings. The van der Waals surface area contributed by atoms with Crippen molar-refractivity contribution >= 4 is 5.91 Å². The van der Waals surface area contributed by atoms with E-state index in [4.69, 9.17) is 0 Å². The number of aromatic hydroxyl groups is 1. The summed E-state index contributed by atoms with van der Waals surface area (Å²) in [7, 11) is 0. The minimum atomic E-state index is -1.04. The average molecular weight is 209 g/mol. The highest BCUT2D eigenvalue weighted by Gasteiger charge is 2.07. The third kappa shape index (κ3) is 3.09. The number of carbonyl (C=O) groups is 1. The molecule has 1 aromatic carbocycles. The van der Waals surface area contributed by atoms with Crippen molar-refractivity contribution in [2.45, 2.75) is 13.5 Å². The van der Waals surface area contributed by atoms with Crippen LogP contribution in [0.5, 0.6) is 5.75 Å². The number of phenolic OH excluding ortho intramolecular Hbond substituents is 1. The maximum Gasteiger partial charge on any atom is 0.279 e. The highest BCUT2D eigenvalue weighted by atomic mass is 19.1. The molecule has 0 aliphatic carbocycles. The molecule has 2 N–H and O–H groups in total. The summed E-state index contributed by atoms with van der Waals surface area (Å²) < 4.78 is 12.3. The molecule has 80 valence electrons. The first-order chi connectivity index (χ1) is 7.00. The molecule has 4 heteroatoms. The molecular weight excluding hydrogens is 197 g/mol. The van der Waals surface area contributed by atoms with Crippen molar-refractivity contribution < 1.29 is 14.3 Å². The van der Waals surface area contributed by atoms with Gasteiger partial charge in [0, 0.05) is 12.1 Å². The van der Waals surface area contributed by atoms with E-state index in [0.29, 0.717) is 5.56 Å². The number of benzene rings is 1. The summed E-state index contributed by atoms with van der Waals surface area (Å²) in [4.78, 5) is 10.8. The highest BCUT2D eigenvalue weighted by Crippen LogP contribution is 2.17. The van der Waals surface area contributed by atoms with Gasteiger partial charge in [-0.25, -0.2) is 4.39 Å². The second-order valence-corrected chi connectivity index (χ2v) is 3.22. The van der Waals surface area contributed by atoms with Crippen LogP contribution >= 0.6 is 0 Å². The average Bonchev–Trinajstić information content (AvgIpc) is 2.18. The second-order valence-electron chi connectivity index (χ2n) is 3.22. The predicted molar refractivity (Wildman–Crippen MR) is 54.9 cm³/mol. The number of amides is 1. The van der Waals surface area contributed by atoms with Crippen LogP contribution in [0.1, 0.15) is 11.1 Å². The number of nitrogens with one attached hydrogen (secondary N) is 1. The monoisotopic (exact) mass is 209 g/mol. The Hall–Kier alpha value is -1.84. The van der Waals surface area contributed by atoms with Gasteiger partial charge in [-0.2, -0.15) is 0 Å². The van der Waals surface area contributed by atoms with Gasteiger partial charge in [0.2, 0.25) is 0 Å². The van der Waals surface area contributed by atoms with E-state index in [0.717, 1.165) is 5.56 Å². The molecule has 1 aromatic rings. The SMILES string of the molecule is C=C(F)C(=O)NCc1cc(C)ccc1O. The van der Waals surface area contributed by atoms with Crippen LogP contribution in [0.3, 0.4) is 0 Å². The number of halogens is 1. The molecule has 0 bridgehead atoms. The number of rotatable bonds is 3. The Morgan fingerprint density at radius 1 is 1.60 bits per heavy atom. The zero-order valence-corrected chi connectivity index (χ0v) is 8.38. The molecule has 0 atom stereocenters. The first-order valence-electron chi connectivity index (χ1n) is 4.42. The Bertz CT molecular complexity index is 402. The van der Waals surface area contributed by atoms with Gasteiger partial charge in [-0.1, -0.05) is 24.3 Å². The van der Waals surface area contributed by atoms with E-state index >= 15 is 0 Å². The number of phenols is 1. The molecule has 1 amide bonds. The van der Waals surface area contributed by atoms with Crippen molar-refractivity contribution in [1.29, 1.82) is 0 Å². The number of aryl methyl sites for hydroxylation is 1. The van der Waals surface area contributed by atoms with Crippen LogP contribution in [0.15, 0.2) is 30.6 Å². The van der Waals surface area contributed by atoms with Gasteiger partial charge in [-0.15, -0.1) is 0 Å². The fourth-order valence-corrected chi connectivity index (χ4v) is 1.13. The van der Waals surface area contributed by atoms with Crippen molar-refractivity contribution in [2.24, 2.45) is 0 Å². The second kappa shape index (κ2) is 4.59. The van der Waals surface area contributed by atoms with E-state index in [1.165, 1.54) is 6.07 Å². The molecule has 0 radical (unpaired) electrons. The van der Waals surface area contributed by atoms with Gasteiger partial charge in [0.1, 0.15) is 5.75 Å². The molecule has 3 nitrogen and oxygen atoms in total. The zero-order valence-electron chi connectivity index (χ0n) is 8.38. The van der Waals surface area contributed by atoms with E-state index in [1.807, 2.05) is 6.92 Å². The number of hydrogen-bond donors (Lipinski definition) is 2. The summed E-state index contributed by atoms with van der Waals surface area (Å²) in [5, 5.41) is 11.7. The summed E-state index contributed by atoms with van der Waals surface area (Å²) in [6.07, 6.45) is 0. The van der Waals surface area contributed by atoms with E-state index < -0.39 is 11.7 Å². The quantitative estimate of drug-likeness (QED) is 0.746. The molecule has 0 unspecified atom stereocenters. The first kappa shape index (κ1) is 11.2. The van der Waals surface area contributed by atoms with Crippen LogP contribution in [-0.2, 0) is 11.3 Å². The largest absolute Gasteiger partial charge is 0.508 e. The maximum atomic E-state index is 12.3. The molecule has 0 spiro atoms. The van der Waals surface area contributed by atoms with Gasteiger partial charge < -0.3 is 10.4 Å². The topological polar surface area (TPSA) is 49.3 Å². The van der Waals surface area contributed by atoms with Gasteiger partial charge >= 0.3 is 0 Å². The summed E-state index contributed by atoms with van der Waals surface area (Å²) in [6, 6.07) is 4.99. The lowest BCUT2D eigenvalue weighted by atomic mass is 10.1. The normalized spacial score (nSPS) is 9.73. The van der Waals surface area contributed by atoms with Gasteiger partial charge in [0.25, 0.3) is 5.91 Å². The predicted octanol–water partition coefficient (Wildman–Crippen LogP) is 1.80. The van der Waals surface area contributed by atoms with Crippen molar-refractivity contribution in [2.75, 3.05) is 0 Å². The van der Waals surface area contributed by atoms with Crippen molar-refractivity contribution in [1.82, 2.24) is 5.32 Å². The van der Waals surface area contributed by atoms with Crippen molar-refractivity contribution in [3.8, 4) is 5.75 Å². The highest BCUT2D eigenvalue weighted by molar-refractivity contribution is 5.90. The Kier molecular flexibility index (Phi) is 3.44. The maximum absolute atomic E-state index is 12.3. The van der Waals surface area contributed by atoms with Crippen LogP contribution in [0.4, 0.5) is 4.39 Å². The lowest BCUT2D eigenvalue weighted by molar-refractivity contribution is -0.119. The Balaban J connectivity index is 2.69. The van der Waals surface area contributed by atoms with Crippen LogP contribution in [0.25, 0.3) is 0 Å². The third-order valence-corrected chi connectivity index (χ3v) is 1.92. The lowest BCUT2D eigenvalue weighted by Crippen LogP contribution is -2.22. The van der Waals surface area contributed by atoms with Crippen molar-refractivity contribution in [3.63, 3.8) is 0 Å². The minimum Gasteiger partial charge on any atom is -0.508 e. The van der Waals surface area contributed by atoms with Crippen LogP contribution < -0.4 is 5.32 Å². The number of hydrogen-bond acceptors (Lipinski definition) is 2. The molecule has 0 heterocycles. The van der Waals surface area contributed by atoms with Gasteiger partial charge in [-0.3, -0.25) is 4.79 Å². The number of carbonyl (C=O) groups excluding carboxylic acids is 1. The van der Waals surface area contributed by atoms with Gasteiger partial charge in [-0.05, 0) is 13.0 Å². The fraction of sp³-hybridized carbons (Fsp3) is 0.182. The minimum absolute atomic E-state index is 0.0744. The van der Waals surface area contributed by atoms with Crippen LogP contribution in [-0.4, -0.2) is 11.0 Å². The van der Waals surface area contributed by atoms with Gasteiger partial charge in [0.05, 0.1) is 0 Å². The fourth-order valence-electron chi connectivity index (χ4n) is 1.13. The van der Waals surface area contributed by atoms with Crippen molar-refractivity contribution in [3.05, 3.63) is 41.7 Å². The molecule has 0 aromatic heterocycles. The zero-order chi connectivity index (χ0) is 11.4. The Labute approximate surface area is 87.2 Å². The summed E-state index contributed by atoms with van der Waals surface area (Å²) in [5.74, 6) is -1.83. The molecular formula is C11H12FNO2. The summed E-state index contributed by atoms with van der Waals surface area (Å²) in [5.41, 5.74) is 1.50. The Morgan fingerprint density at radius 2 is 2.27 bits per heavy atom. The molecule has 0 saturated heterocycles. The molecule has 15 heavy (non-hydrogen) atoms. The van der Waals surface area contributed by atoms with E-state index in [-0.39, 0.29) is 12.3 Å².